The maximum Gasteiger partial charge on any atom is 0.224 e. The van der Waals surface area contributed by atoms with Crippen LogP contribution in [0.5, 0.6) is 5.88 Å². The second kappa shape index (κ2) is 3.65. The quantitative estimate of drug-likeness (QED) is 0.870. The SMILES string of the molecule is c1ccc2c(OC3CC4(CNC4)C3)ncnc2c1. The van der Waals surface area contributed by atoms with Crippen LogP contribution in [-0.2, 0) is 0 Å². The first-order chi connectivity index (χ1) is 8.85. The Bertz CT molecular complexity index is 581. The van der Waals surface area contributed by atoms with Crippen molar-refractivity contribution in [3.05, 3.63) is 30.6 Å². The highest BCUT2D eigenvalue weighted by molar-refractivity contribution is 5.82. The van der Waals surface area contributed by atoms with E-state index in [2.05, 4.69) is 15.3 Å². The van der Waals surface area contributed by atoms with E-state index in [0.29, 0.717) is 11.5 Å². The van der Waals surface area contributed by atoms with Crippen molar-refractivity contribution in [2.24, 2.45) is 5.41 Å². The van der Waals surface area contributed by atoms with Crippen LogP contribution in [0.1, 0.15) is 12.8 Å². The average molecular weight is 241 g/mol. The van der Waals surface area contributed by atoms with Gasteiger partial charge in [0, 0.05) is 18.5 Å². The zero-order valence-electron chi connectivity index (χ0n) is 10.1. The van der Waals surface area contributed by atoms with Gasteiger partial charge in [-0.25, -0.2) is 9.97 Å². The summed E-state index contributed by atoms with van der Waals surface area (Å²) in [6.07, 6.45) is 4.21. The van der Waals surface area contributed by atoms with Crippen molar-refractivity contribution in [2.45, 2.75) is 18.9 Å². The number of ether oxygens (including phenoxy) is 1. The van der Waals surface area contributed by atoms with Crippen molar-refractivity contribution in [1.82, 2.24) is 15.3 Å². The first kappa shape index (κ1) is 10.3. The standard InChI is InChI=1S/C14H15N3O/c1-2-4-12-11(3-1)13(17-9-16-12)18-10-5-14(6-10)7-15-8-14/h1-4,9-10,15H,5-8H2. The van der Waals surface area contributed by atoms with Crippen molar-refractivity contribution in [3.63, 3.8) is 0 Å². The number of hydrogen-bond donors (Lipinski definition) is 1. The van der Waals surface area contributed by atoms with Crippen LogP contribution in [0, 0.1) is 5.41 Å². The van der Waals surface area contributed by atoms with Crippen LogP contribution in [0.25, 0.3) is 10.9 Å². The Balaban J connectivity index is 1.56. The fourth-order valence-corrected chi connectivity index (χ4v) is 2.99. The van der Waals surface area contributed by atoms with E-state index in [4.69, 9.17) is 4.74 Å². The third-order valence-electron chi connectivity index (χ3n) is 4.11. The molecule has 92 valence electrons. The molecule has 0 unspecified atom stereocenters. The summed E-state index contributed by atoms with van der Waals surface area (Å²) in [6.45, 7) is 2.30. The van der Waals surface area contributed by atoms with Gasteiger partial charge in [0.15, 0.2) is 0 Å². The highest BCUT2D eigenvalue weighted by Crippen LogP contribution is 2.45. The molecule has 2 aromatic rings. The summed E-state index contributed by atoms with van der Waals surface area (Å²) in [7, 11) is 0. The van der Waals surface area contributed by atoms with Gasteiger partial charge in [-0.05, 0) is 25.0 Å². The number of benzene rings is 1. The Hall–Kier alpha value is -1.68. The fraction of sp³-hybridized carbons (Fsp3) is 0.429. The van der Waals surface area contributed by atoms with Crippen molar-refractivity contribution in [3.8, 4) is 5.88 Å². The van der Waals surface area contributed by atoms with Crippen LogP contribution in [0.15, 0.2) is 30.6 Å². The number of aromatic nitrogens is 2. The molecule has 1 N–H and O–H groups in total. The molecule has 4 rings (SSSR count). The van der Waals surface area contributed by atoms with Gasteiger partial charge in [0.25, 0.3) is 0 Å². The maximum atomic E-state index is 6.02. The molecule has 1 aliphatic carbocycles. The van der Waals surface area contributed by atoms with Gasteiger partial charge in [-0.15, -0.1) is 0 Å². The number of nitrogens with zero attached hydrogens (tertiary/aromatic N) is 2. The second-order valence-corrected chi connectivity index (χ2v) is 5.45. The van der Waals surface area contributed by atoms with Gasteiger partial charge < -0.3 is 10.1 Å². The fourth-order valence-electron chi connectivity index (χ4n) is 2.99. The van der Waals surface area contributed by atoms with Crippen molar-refractivity contribution < 1.29 is 4.74 Å². The Morgan fingerprint density at radius 3 is 2.78 bits per heavy atom. The van der Waals surface area contributed by atoms with E-state index in [1.54, 1.807) is 6.33 Å². The average Bonchev–Trinajstić information content (AvgIpc) is 2.31. The molecule has 0 atom stereocenters. The van der Waals surface area contributed by atoms with Crippen molar-refractivity contribution in [2.75, 3.05) is 13.1 Å². The lowest BCUT2D eigenvalue weighted by molar-refractivity contribution is -0.0506. The third kappa shape index (κ3) is 1.49. The molecule has 1 aromatic carbocycles. The van der Waals surface area contributed by atoms with E-state index in [1.807, 2.05) is 24.3 Å². The maximum absolute atomic E-state index is 6.02. The van der Waals surface area contributed by atoms with E-state index >= 15 is 0 Å². The summed E-state index contributed by atoms with van der Waals surface area (Å²) in [4.78, 5) is 8.52. The Labute approximate surface area is 105 Å². The van der Waals surface area contributed by atoms with Gasteiger partial charge in [0.1, 0.15) is 12.4 Å². The molecule has 1 aliphatic heterocycles. The van der Waals surface area contributed by atoms with E-state index in [1.165, 1.54) is 0 Å². The summed E-state index contributed by atoms with van der Waals surface area (Å²) in [5.74, 6) is 0.729. The highest BCUT2D eigenvalue weighted by Gasteiger charge is 2.49. The summed E-state index contributed by atoms with van der Waals surface area (Å²) >= 11 is 0. The minimum atomic E-state index is 0.324. The van der Waals surface area contributed by atoms with Gasteiger partial charge in [0.2, 0.25) is 5.88 Å². The molecule has 2 aliphatic rings. The van der Waals surface area contributed by atoms with Crippen LogP contribution >= 0.6 is 0 Å². The lowest BCUT2D eigenvalue weighted by atomic mass is 9.63. The smallest absolute Gasteiger partial charge is 0.224 e. The zero-order valence-corrected chi connectivity index (χ0v) is 10.1. The minimum absolute atomic E-state index is 0.324. The largest absolute Gasteiger partial charge is 0.474 e. The first-order valence-electron chi connectivity index (χ1n) is 6.42. The molecular formula is C14H15N3O. The van der Waals surface area contributed by atoms with Crippen LogP contribution in [0.2, 0.25) is 0 Å². The number of para-hydroxylation sites is 1. The number of rotatable bonds is 2. The number of hydrogen-bond acceptors (Lipinski definition) is 4. The van der Waals surface area contributed by atoms with Gasteiger partial charge in [-0.1, -0.05) is 12.1 Å². The van der Waals surface area contributed by atoms with E-state index in [9.17, 15) is 0 Å². The number of fused-ring (bicyclic) bond motifs is 1. The van der Waals surface area contributed by atoms with E-state index < -0.39 is 0 Å². The predicted octanol–water partition coefficient (Wildman–Crippen LogP) is 1.76. The Morgan fingerprint density at radius 1 is 1.17 bits per heavy atom. The molecule has 0 bridgehead atoms. The molecule has 1 aromatic heterocycles. The van der Waals surface area contributed by atoms with Gasteiger partial charge in [0.05, 0.1) is 10.9 Å². The van der Waals surface area contributed by atoms with Gasteiger partial charge >= 0.3 is 0 Å². The molecule has 2 heterocycles. The molecular weight excluding hydrogens is 226 g/mol. The molecule has 4 nitrogen and oxygen atoms in total. The summed E-state index contributed by atoms with van der Waals surface area (Å²) < 4.78 is 6.02. The van der Waals surface area contributed by atoms with Crippen molar-refractivity contribution >= 4 is 10.9 Å². The van der Waals surface area contributed by atoms with E-state index in [0.717, 1.165) is 42.7 Å². The minimum Gasteiger partial charge on any atom is -0.474 e. The van der Waals surface area contributed by atoms with Crippen molar-refractivity contribution in [1.29, 1.82) is 0 Å². The number of nitrogens with one attached hydrogen (secondary N) is 1. The van der Waals surface area contributed by atoms with Crippen LogP contribution in [0.3, 0.4) is 0 Å². The molecule has 1 saturated carbocycles. The topological polar surface area (TPSA) is 47.0 Å². The molecule has 0 radical (unpaired) electrons. The van der Waals surface area contributed by atoms with Crippen LogP contribution in [0.4, 0.5) is 0 Å². The summed E-state index contributed by atoms with van der Waals surface area (Å²) in [6, 6.07) is 7.99. The second-order valence-electron chi connectivity index (χ2n) is 5.45. The molecule has 18 heavy (non-hydrogen) atoms. The molecule has 4 heteroatoms. The monoisotopic (exact) mass is 241 g/mol. The zero-order chi connectivity index (χ0) is 12.0. The predicted molar refractivity (Wildman–Crippen MR) is 68.5 cm³/mol. The lowest BCUT2D eigenvalue weighted by Gasteiger charge is -2.53. The third-order valence-corrected chi connectivity index (χ3v) is 4.11. The Kier molecular flexibility index (Phi) is 2.08. The lowest BCUT2D eigenvalue weighted by Crippen LogP contribution is -2.62. The normalized spacial score (nSPS) is 21.6. The van der Waals surface area contributed by atoms with Gasteiger partial charge in [-0.2, -0.15) is 0 Å². The van der Waals surface area contributed by atoms with Crippen LogP contribution < -0.4 is 10.1 Å². The molecule has 1 saturated heterocycles. The Morgan fingerprint density at radius 2 is 2.00 bits per heavy atom. The summed E-state index contributed by atoms with van der Waals surface area (Å²) in [5, 5.41) is 4.34. The summed E-state index contributed by atoms with van der Waals surface area (Å²) in [5.41, 5.74) is 1.48. The van der Waals surface area contributed by atoms with Crippen LogP contribution in [-0.4, -0.2) is 29.2 Å². The molecule has 2 fully saturated rings. The van der Waals surface area contributed by atoms with E-state index in [-0.39, 0.29) is 0 Å². The van der Waals surface area contributed by atoms with Gasteiger partial charge in [-0.3, -0.25) is 0 Å². The molecule has 0 amide bonds. The molecule has 1 spiro atoms. The first-order valence-corrected chi connectivity index (χ1v) is 6.42. The highest BCUT2D eigenvalue weighted by atomic mass is 16.5.